The fourth-order valence-corrected chi connectivity index (χ4v) is 4.04. The SMILES string of the molecule is O=C(Nc1ccc(C2CCCCC2)cc1)C1=C(O)C(Cc2cnc[nH]2)NC1=O. The van der Waals surface area contributed by atoms with Crippen LogP contribution >= 0.6 is 0 Å². The zero-order valence-corrected chi connectivity index (χ0v) is 15.6. The number of H-pyrrole nitrogens is 1. The van der Waals surface area contributed by atoms with Gasteiger partial charge in [0, 0.05) is 24.0 Å². The molecule has 2 heterocycles. The third-order valence-electron chi connectivity index (χ3n) is 5.57. The Morgan fingerprint density at radius 3 is 2.61 bits per heavy atom. The Morgan fingerprint density at radius 2 is 1.93 bits per heavy atom. The number of nitrogens with one attached hydrogen (secondary N) is 3. The molecule has 4 rings (SSSR count). The van der Waals surface area contributed by atoms with Crippen molar-refractivity contribution in [3.8, 4) is 0 Å². The Balaban J connectivity index is 1.43. The molecule has 0 radical (unpaired) electrons. The van der Waals surface area contributed by atoms with E-state index < -0.39 is 17.9 Å². The third-order valence-corrected chi connectivity index (χ3v) is 5.57. The summed E-state index contributed by atoms with van der Waals surface area (Å²) in [6, 6.07) is 7.15. The van der Waals surface area contributed by atoms with E-state index in [4.69, 9.17) is 0 Å². The molecule has 7 nitrogen and oxygen atoms in total. The summed E-state index contributed by atoms with van der Waals surface area (Å²) in [5.74, 6) is -0.823. The number of aromatic amines is 1. The molecule has 7 heteroatoms. The predicted octanol–water partition coefficient (Wildman–Crippen LogP) is 2.95. The second-order valence-corrected chi connectivity index (χ2v) is 7.48. The minimum absolute atomic E-state index is 0.235. The molecule has 146 valence electrons. The topological polar surface area (TPSA) is 107 Å². The molecule has 1 unspecified atom stereocenters. The number of hydrogen-bond acceptors (Lipinski definition) is 4. The lowest BCUT2D eigenvalue weighted by molar-refractivity contribution is -0.120. The molecule has 1 aliphatic carbocycles. The number of aromatic nitrogens is 2. The summed E-state index contributed by atoms with van der Waals surface area (Å²) in [6.07, 6.45) is 9.76. The number of aliphatic hydroxyl groups is 1. The number of anilines is 1. The van der Waals surface area contributed by atoms with Crippen molar-refractivity contribution in [1.29, 1.82) is 0 Å². The van der Waals surface area contributed by atoms with Crippen molar-refractivity contribution >= 4 is 17.5 Å². The van der Waals surface area contributed by atoms with Crippen molar-refractivity contribution in [2.24, 2.45) is 0 Å². The van der Waals surface area contributed by atoms with Crippen molar-refractivity contribution in [2.45, 2.75) is 50.5 Å². The van der Waals surface area contributed by atoms with Gasteiger partial charge in [0.25, 0.3) is 11.8 Å². The molecule has 0 bridgehead atoms. The molecule has 2 aliphatic rings. The Hall–Kier alpha value is -3.09. The van der Waals surface area contributed by atoms with Gasteiger partial charge in [-0.05, 0) is 36.5 Å². The van der Waals surface area contributed by atoms with Crippen LogP contribution in [0.1, 0.15) is 49.3 Å². The minimum atomic E-state index is -0.637. The number of carbonyl (C=O) groups is 2. The van der Waals surface area contributed by atoms with Gasteiger partial charge in [0.2, 0.25) is 0 Å². The second-order valence-electron chi connectivity index (χ2n) is 7.48. The maximum Gasteiger partial charge on any atom is 0.264 e. The maximum absolute atomic E-state index is 12.6. The van der Waals surface area contributed by atoms with Gasteiger partial charge in [0.1, 0.15) is 11.3 Å². The molecule has 1 aromatic carbocycles. The van der Waals surface area contributed by atoms with Gasteiger partial charge in [-0.1, -0.05) is 31.4 Å². The molecule has 1 fully saturated rings. The number of benzene rings is 1. The summed E-state index contributed by atoms with van der Waals surface area (Å²) in [6.45, 7) is 0. The number of nitrogens with zero attached hydrogens (tertiary/aromatic N) is 1. The maximum atomic E-state index is 12.6. The first-order chi connectivity index (χ1) is 13.6. The largest absolute Gasteiger partial charge is 0.509 e. The van der Waals surface area contributed by atoms with Gasteiger partial charge < -0.3 is 20.7 Å². The molecule has 1 saturated carbocycles. The summed E-state index contributed by atoms with van der Waals surface area (Å²) < 4.78 is 0. The number of rotatable bonds is 5. The van der Waals surface area contributed by atoms with Gasteiger partial charge in [-0.2, -0.15) is 0 Å². The molecule has 1 atom stereocenters. The van der Waals surface area contributed by atoms with Crippen molar-refractivity contribution in [1.82, 2.24) is 15.3 Å². The fourth-order valence-electron chi connectivity index (χ4n) is 4.04. The van der Waals surface area contributed by atoms with Gasteiger partial charge in [-0.25, -0.2) is 4.98 Å². The van der Waals surface area contributed by atoms with Crippen LogP contribution in [0.2, 0.25) is 0 Å². The highest BCUT2D eigenvalue weighted by Gasteiger charge is 2.36. The average molecular weight is 380 g/mol. The Labute approximate surface area is 163 Å². The van der Waals surface area contributed by atoms with E-state index >= 15 is 0 Å². The van der Waals surface area contributed by atoms with E-state index in [-0.39, 0.29) is 11.3 Å². The first-order valence-corrected chi connectivity index (χ1v) is 9.74. The lowest BCUT2D eigenvalue weighted by Crippen LogP contribution is -2.31. The van der Waals surface area contributed by atoms with Gasteiger partial charge in [0.15, 0.2) is 0 Å². The van der Waals surface area contributed by atoms with Crippen LogP contribution < -0.4 is 10.6 Å². The van der Waals surface area contributed by atoms with Crippen LogP contribution in [0.3, 0.4) is 0 Å². The van der Waals surface area contributed by atoms with Gasteiger partial charge in [0.05, 0.1) is 12.4 Å². The minimum Gasteiger partial charge on any atom is -0.509 e. The lowest BCUT2D eigenvalue weighted by Gasteiger charge is -2.22. The molecule has 28 heavy (non-hydrogen) atoms. The van der Waals surface area contributed by atoms with Gasteiger partial charge in [-0.3, -0.25) is 9.59 Å². The molecule has 1 aliphatic heterocycles. The van der Waals surface area contributed by atoms with Crippen LogP contribution in [-0.4, -0.2) is 32.9 Å². The standard InChI is InChI=1S/C21H24N4O3/c26-19-17(10-16-11-22-12-23-16)25-21(28)18(19)20(27)24-15-8-6-14(7-9-15)13-4-2-1-3-5-13/h6-9,11-13,17,26H,1-5,10H2,(H,22,23)(H,24,27)(H,25,28). The monoisotopic (exact) mass is 380 g/mol. The molecule has 0 spiro atoms. The summed E-state index contributed by atoms with van der Waals surface area (Å²) in [5, 5.41) is 15.7. The summed E-state index contributed by atoms with van der Waals surface area (Å²) >= 11 is 0. The van der Waals surface area contributed by atoms with E-state index in [0.29, 0.717) is 18.0 Å². The van der Waals surface area contributed by atoms with Gasteiger partial charge in [-0.15, -0.1) is 0 Å². The van der Waals surface area contributed by atoms with E-state index in [2.05, 4.69) is 20.6 Å². The van der Waals surface area contributed by atoms with Crippen molar-refractivity contribution in [2.75, 3.05) is 5.32 Å². The number of hydrogen-bond donors (Lipinski definition) is 4. The number of carbonyl (C=O) groups excluding carboxylic acids is 2. The smallest absolute Gasteiger partial charge is 0.264 e. The molecule has 2 aromatic rings. The van der Waals surface area contributed by atoms with Crippen LogP contribution in [0.25, 0.3) is 0 Å². The molecular weight excluding hydrogens is 356 g/mol. The molecule has 2 amide bonds. The molecular formula is C21H24N4O3. The summed E-state index contributed by atoms with van der Waals surface area (Å²) in [7, 11) is 0. The van der Waals surface area contributed by atoms with Crippen molar-refractivity contribution in [3.63, 3.8) is 0 Å². The van der Waals surface area contributed by atoms with Crippen LogP contribution in [0.4, 0.5) is 5.69 Å². The van der Waals surface area contributed by atoms with E-state index in [0.717, 1.165) is 5.69 Å². The molecule has 4 N–H and O–H groups in total. The van der Waals surface area contributed by atoms with Crippen LogP contribution in [0.5, 0.6) is 0 Å². The highest BCUT2D eigenvalue weighted by Crippen LogP contribution is 2.33. The van der Waals surface area contributed by atoms with E-state index in [1.807, 2.05) is 24.3 Å². The average Bonchev–Trinajstić information content (AvgIpc) is 3.31. The highest BCUT2D eigenvalue weighted by molar-refractivity contribution is 6.24. The first-order valence-electron chi connectivity index (χ1n) is 9.74. The zero-order valence-electron chi connectivity index (χ0n) is 15.6. The summed E-state index contributed by atoms with van der Waals surface area (Å²) in [5.41, 5.74) is 2.42. The van der Waals surface area contributed by atoms with Crippen LogP contribution in [0, 0.1) is 0 Å². The van der Waals surface area contributed by atoms with Crippen LogP contribution in [-0.2, 0) is 16.0 Å². The quantitative estimate of drug-likeness (QED) is 0.598. The highest BCUT2D eigenvalue weighted by atomic mass is 16.3. The first kappa shape index (κ1) is 18.3. The van der Waals surface area contributed by atoms with Crippen molar-refractivity contribution < 1.29 is 14.7 Å². The van der Waals surface area contributed by atoms with E-state index in [1.165, 1.54) is 44.0 Å². The third kappa shape index (κ3) is 3.78. The van der Waals surface area contributed by atoms with Crippen molar-refractivity contribution in [3.05, 3.63) is 59.4 Å². The molecule has 1 aromatic heterocycles. The zero-order chi connectivity index (χ0) is 19.5. The Kier molecular flexibility index (Phi) is 5.14. The number of amides is 2. The normalized spacial score (nSPS) is 20.3. The Morgan fingerprint density at radius 1 is 1.18 bits per heavy atom. The van der Waals surface area contributed by atoms with E-state index in [9.17, 15) is 14.7 Å². The second kappa shape index (κ2) is 7.88. The number of aliphatic hydroxyl groups excluding tert-OH is 1. The Bertz CT molecular complexity index is 881. The molecule has 0 saturated heterocycles. The van der Waals surface area contributed by atoms with E-state index in [1.54, 1.807) is 6.20 Å². The number of imidazole rings is 1. The lowest BCUT2D eigenvalue weighted by atomic mass is 9.84. The van der Waals surface area contributed by atoms with Crippen LogP contribution in [0.15, 0.2) is 48.1 Å². The van der Waals surface area contributed by atoms with Gasteiger partial charge >= 0.3 is 0 Å². The fraction of sp³-hybridized carbons (Fsp3) is 0.381. The predicted molar refractivity (Wildman–Crippen MR) is 105 cm³/mol. The summed E-state index contributed by atoms with van der Waals surface area (Å²) in [4.78, 5) is 31.6.